The summed E-state index contributed by atoms with van der Waals surface area (Å²) in [5.74, 6) is 2.31. The van der Waals surface area contributed by atoms with Gasteiger partial charge in [-0.05, 0) is 49.4 Å². The van der Waals surface area contributed by atoms with Crippen molar-refractivity contribution in [2.75, 3.05) is 0 Å². The SMILES string of the molecule is CCC=CC1C(CCCCCCCC(=O)O)C=CC(CCCCCC)C1CC. The third-order valence-electron chi connectivity index (χ3n) is 6.53. The van der Waals surface area contributed by atoms with Crippen LogP contribution >= 0.6 is 0 Å². The smallest absolute Gasteiger partial charge is 0.303 e. The molecule has 162 valence electrons. The zero-order chi connectivity index (χ0) is 20.6. The van der Waals surface area contributed by atoms with Gasteiger partial charge in [0, 0.05) is 6.42 Å². The van der Waals surface area contributed by atoms with E-state index in [4.69, 9.17) is 5.11 Å². The van der Waals surface area contributed by atoms with Crippen molar-refractivity contribution < 1.29 is 9.90 Å². The van der Waals surface area contributed by atoms with Crippen LogP contribution in [0.5, 0.6) is 0 Å². The molecule has 2 nitrogen and oxygen atoms in total. The number of carbonyl (C=O) groups is 1. The van der Waals surface area contributed by atoms with Gasteiger partial charge in [0.1, 0.15) is 0 Å². The summed E-state index contributed by atoms with van der Waals surface area (Å²) in [6, 6.07) is 0. The van der Waals surface area contributed by atoms with Gasteiger partial charge in [-0.3, -0.25) is 4.79 Å². The molecule has 0 fully saturated rings. The lowest BCUT2D eigenvalue weighted by atomic mass is 9.66. The largest absolute Gasteiger partial charge is 0.481 e. The Morgan fingerprint density at radius 2 is 1.46 bits per heavy atom. The Balaban J connectivity index is 2.52. The lowest BCUT2D eigenvalue weighted by Gasteiger charge is -2.38. The molecule has 1 N–H and O–H groups in total. The molecule has 0 aromatic heterocycles. The third kappa shape index (κ3) is 9.94. The van der Waals surface area contributed by atoms with Gasteiger partial charge in [-0.1, -0.05) is 103 Å². The van der Waals surface area contributed by atoms with Crippen LogP contribution < -0.4 is 0 Å². The molecule has 0 saturated carbocycles. The number of rotatable bonds is 16. The lowest BCUT2D eigenvalue weighted by molar-refractivity contribution is -0.137. The van der Waals surface area contributed by atoms with E-state index in [-0.39, 0.29) is 0 Å². The number of carboxylic acids is 1. The molecule has 28 heavy (non-hydrogen) atoms. The van der Waals surface area contributed by atoms with Gasteiger partial charge in [-0.2, -0.15) is 0 Å². The fourth-order valence-electron chi connectivity index (χ4n) is 4.91. The minimum Gasteiger partial charge on any atom is -0.481 e. The summed E-state index contributed by atoms with van der Waals surface area (Å²) in [5, 5.41) is 8.72. The predicted molar refractivity (Wildman–Crippen MR) is 122 cm³/mol. The average molecular weight is 391 g/mol. The molecule has 0 saturated heterocycles. The van der Waals surface area contributed by atoms with Gasteiger partial charge in [0.2, 0.25) is 0 Å². The van der Waals surface area contributed by atoms with E-state index < -0.39 is 5.97 Å². The van der Waals surface area contributed by atoms with Crippen LogP contribution in [0.1, 0.15) is 111 Å². The summed E-state index contributed by atoms with van der Waals surface area (Å²) < 4.78 is 0. The van der Waals surface area contributed by atoms with Crippen LogP contribution in [0.25, 0.3) is 0 Å². The third-order valence-corrected chi connectivity index (χ3v) is 6.53. The zero-order valence-corrected chi connectivity index (χ0v) is 18.9. The Labute approximate surface area is 174 Å². The van der Waals surface area contributed by atoms with Crippen LogP contribution in [0.2, 0.25) is 0 Å². The topological polar surface area (TPSA) is 37.3 Å². The zero-order valence-electron chi connectivity index (χ0n) is 18.9. The highest BCUT2D eigenvalue weighted by atomic mass is 16.4. The van der Waals surface area contributed by atoms with Crippen molar-refractivity contribution in [2.24, 2.45) is 23.7 Å². The van der Waals surface area contributed by atoms with Crippen LogP contribution in [0.4, 0.5) is 0 Å². The summed E-state index contributed by atoms with van der Waals surface area (Å²) in [5.41, 5.74) is 0. The van der Waals surface area contributed by atoms with Crippen molar-refractivity contribution in [3.8, 4) is 0 Å². The normalized spacial score (nSPS) is 24.8. The number of unbranched alkanes of at least 4 members (excludes halogenated alkanes) is 7. The van der Waals surface area contributed by atoms with E-state index in [1.165, 1.54) is 64.2 Å². The summed E-state index contributed by atoms with van der Waals surface area (Å²) in [7, 11) is 0. The Hall–Kier alpha value is -1.05. The van der Waals surface area contributed by atoms with Crippen molar-refractivity contribution >= 4 is 5.97 Å². The molecule has 0 aromatic carbocycles. The fourth-order valence-corrected chi connectivity index (χ4v) is 4.91. The second kappa shape index (κ2) is 15.8. The molecule has 0 spiro atoms. The molecule has 1 rings (SSSR count). The molecule has 0 amide bonds. The van der Waals surface area contributed by atoms with Crippen LogP contribution in [0.3, 0.4) is 0 Å². The van der Waals surface area contributed by atoms with E-state index in [1.54, 1.807) is 0 Å². The lowest BCUT2D eigenvalue weighted by Crippen LogP contribution is -2.30. The van der Waals surface area contributed by atoms with E-state index in [1.807, 2.05) is 0 Å². The molecule has 4 unspecified atom stereocenters. The minimum absolute atomic E-state index is 0.326. The maximum Gasteiger partial charge on any atom is 0.303 e. The van der Waals surface area contributed by atoms with Gasteiger partial charge in [-0.25, -0.2) is 0 Å². The summed E-state index contributed by atoms with van der Waals surface area (Å²) in [6.45, 7) is 6.91. The Morgan fingerprint density at radius 1 is 0.857 bits per heavy atom. The molecule has 0 radical (unpaired) electrons. The molecular weight excluding hydrogens is 344 g/mol. The van der Waals surface area contributed by atoms with Crippen molar-refractivity contribution in [3.05, 3.63) is 24.3 Å². The van der Waals surface area contributed by atoms with Crippen molar-refractivity contribution in [3.63, 3.8) is 0 Å². The van der Waals surface area contributed by atoms with Crippen molar-refractivity contribution in [1.82, 2.24) is 0 Å². The highest BCUT2D eigenvalue weighted by molar-refractivity contribution is 5.66. The van der Waals surface area contributed by atoms with Crippen LogP contribution in [0.15, 0.2) is 24.3 Å². The van der Waals surface area contributed by atoms with E-state index in [2.05, 4.69) is 45.1 Å². The Kier molecular flexibility index (Phi) is 14.1. The molecule has 0 bridgehead atoms. The van der Waals surface area contributed by atoms with Crippen LogP contribution in [0, 0.1) is 23.7 Å². The minimum atomic E-state index is -0.659. The summed E-state index contributed by atoms with van der Waals surface area (Å²) in [6.07, 6.45) is 26.5. The number of hydrogen-bond donors (Lipinski definition) is 1. The summed E-state index contributed by atoms with van der Waals surface area (Å²) in [4.78, 5) is 10.6. The van der Waals surface area contributed by atoms with Gasteiger partial charge in [0.15, 0.2) is 0 Å². The first-order chi connectivity index (χ1) is 13.6. The molecule has 0 heterocycles. The highest BCUT2D eigenvalue weighted by Crippen LogP contribution is 2.41. The fraction of sp³-hybridized carbons (Fsp3) is 0.808. The van der Waals surface area contributed by atoms with E-state index in [0.717, 1.165) is 31.1 Å². The first-order valence-electron chi connectivity index (χ1n) is 12.2. The van der Waals surface area contributed by atoms with Crippen LogP contribution in [-0.2, 0) is 4.79 Å². The van der Waals surface area contributed by atoms with Gasteiger partial charge in [0.25, 0.3) is 0 Å². The van der Waals surface area contributed by atoms with Crippen molar-refractivity contribution in [1.29, 1.82) is 0 Å². The summed E-state index contributed by atoms with van der Waals surface area (Å²) >= 11 is 0. The molecule has 4 atom stereocenters. The second-order valence-electron chi connectivity index (χ2n) is 8.75. The number of hydrogen-bond acceptors (Lipinski definition) is 1. The Bertz CT molecular complexity index is 451. The van der Waals surface area contributed by atoms with Gasteiger partial charge in [-0.15, -0.1) is 0 Å². The monoisotopic (exact) mass is 390 g/mol. The van der Waals surface area contributed by atoms with E-state index >= 15 is 0 Å². The van der Waals surface area contributed by atoms with Gasteiger partial charge >= 0.3 is 5.97 Å². The molecule has 0 aliphatic heterocycles. The standard InChI is InChI=1S/C26H46O2/c1-4-7-9-13-16-22-20-21-23(25(18-8-5-2)24(22)6-3)17-14-11-10-12-15-19-26(27)28/h8,18,20-25H,4-7,9-17,19H2,1-3H3,(H,27,28). The molecule has 2 heteroatoms. The molecule has 0 aromatic rings. The first kappa shape index (κ1) is 25.0. The quantitative estimate of drug-likeness (QED) is 0.213. The molecular formula is C26H46O2. The number of allylic oxidation sites excluding steroid dienone is 4. The number of aliphatic carboxylic acids is 1. The maximum absolute atomic E-state index is 10.6. The van der Waals surface area contributed by atoms with Crippen LogP contribution in [-0.4, -0.2) is 11.1 Å². The Morgan fingerprint density at radius 3 is 2.11 bits per heavy atom. The first-order valence-corrected chi connectivity index (χ1v) is 12.2. The van der Waals surface area contributed by atoms with Crippen molar-refractivity contribution in [2.45, 2.75) is 111 Å². The van der Waals surface area contributed by atoms with E-state index in [9.17, 15) is 4.79 Å². The predicted octanol–water partition coefficient (Wildman–Crippen LogP) is 8.18. The second-order valence-corrected chi connectivity index (χ2v) is 8.75. The van der Waals surface area contributed by atoms with Gasteiger partial charge < -0.3 is 5.11 Å². The molecule has 1 aliphatic carbocycles. The number of carboxylic acid groups (broad SMARTS) is 1. The average Bonchev–Trinajstić information content (AvgIpc) is 2.69. The van der Waals surface area contributed by atoms with E-state index in [0.29, 0.717) is 18.3 Å². The maximum atomic E-state index is 10.6. The molecule has 1 aliphatic rings. The van der Waals surface area contributed by atoms with Gasteiger partial charge in [0.05, 0.1) is 0 Å². The highest BCUT2D eigenvalue weighted by Gasteiger charge is 2.32.